The van der Waals surface area contributed by atoms with Crippen LogP contribution in [0.2, 0.25) is 0 Å². The van der Waals surface area contributed by atoms with Crippen molar-refractivity contribution in [2.45, 2.75) is 328 Å². The predicted molar refractivity (Wildman–Crippen MR) is 283 cm³/mol. The Morgan fingerprint density at radius 3 is 1.09 bits per heavy atom. The number of allylic oxidation sites excluding steroid dienone is 3. The maximum Gasteiger partial charge on any atom is 0.305 e. The molecule has 0 aliphatic carbocycles. The summed E-state index contributed by atoms with van der Waals surface area (Å²) in [6, 6.07) is -0.632. The summed E-state index contributed by atoms with van der Waals surface area (Å²) in [5, 5.41) is 23.0. The third-order valence-corrected chi connectivity index (χ3v) is 13.5. The average molecular weight is 917 g/mol. The summed E-state index contributed by atoms with van der Waals surface area (Å²) in [6.07, 6.45) is 66.4. The van der Waals surface area contributed by atoms with Crippen molar-refractivity contribution in [1.82, 2.24) is 5.32 Å². The molecule has 0 aliphatic heterocycles. The van der Waals surface area contributed by atoms with E-state index in [0.717, 1.165) is 44.9 Å². The van der Waals surface area contributed by atoms with Gasteiger partial charge in [-0.3, -0.25) is 9.59 Å². The van der Waals surface area contributed by atoms with Crippen LogP contribution < -0.4 is 5.32 Å². The van der Waals surface area contributed by atoms with Gasteiger partial charge >= 0.3 is 5.97 Å². The second-order valence-corrected chi connectivity index (χ2v) is 20.0. The minimum absolute atomic E-state index is 0.00979. The molecule has 0 saturated carbocycles. The third kappa shape index (κ3) is 51.6. The van der Waals surface area contributed by atoms with Crippen LogP contribution in [0.5, 0.6) is 0 Å². The molecule has 1 amide bonds. The largest absolute Gasteiger partial charge is 0.466 e. The number of rotatable bonds is 54. The minimum atomic E-state index is -0.847. The van der Waals surface area contributed by atoms with E-state index in [4.69, 9.17) is 4.74 Å². The molecule has 0 fully saturated rings. The number of unbranched alkanes of at least 4 members (excludes halogenated alkanes) is 41. The number of ether oxygens (including phenoxy) is 1. The highest BCUT2D eigenvalue weighted by atomic mass is 16.5. The second-order valence-electron chi connectivity index (χ2n) is 20.0. The van der Waals surface area contributed by atoms with Gasteiger partial charge in [0.05, 0.1) is 25.4 Å². The topological polar surface area (TPSA) is 95.9 Å². The molecule has 0 aromatic carbocycles. The molecule has 0 saturated heterocycles. The molecule has 65 heavy (non-hydrogen) atoms. The fourth-order valence-electron chi connectivity index (χ4n) is 8.98. The highest BCUT2D eigenvalue weighted by molar-refractivity contribution is 5.76. The molecule has 0 rings (SSSR count). The maximum atomic E-state index is 12.4. The van der Waals surface area contributed by atoms with E-state index in [9.17, 15) is 19.8 Å². The van der Waals surface area contributed by atoms with Crippen molar-refractivity contribution in [3.63, 3.8) is 0 Å². The van der Waals surface area contributed by atoms with Crippen molar-refractivity contribution in [2.24, 2.45) is 0 Å². The summed E-state index contributed by atoms with van der Waals surface area (Å²) in [7, 11) is 0. The first-order valence-electron chi connectivity index (χ1n) is 29.1. The Hall–Kier alpha value is -1.66. The summed E-state index contributed by atoms with van der Waals surface area (Å²) in [4.78, 5) is 24.5. The molecule has 2 unspecified atom stereocenters. The van der Waals surface area contributed by atoms with E-state index in [1.54, 1.807) is 6.08 Å². The Morgan fingerprint density at radius 2 is 0.723 bits per heavy atom. The van der Waals surface area contributed by atoms with E-state index < -0.39 is 12.1 Å². The van der Waals surface area contributed by atoms with Crippen molar-refractivity contribution in [3.8, 4) is 0 Å². The van der Waals surface area contributed by atoms with Crippen LogP contribution in [0.4, 0.5) is 0 Å². The summed E-state index contributed by atoms with van der Waals surface area (Å²) in [5.74, 6) is -0.0683. The number of carbonyl (C=O) groups excluding carboxylic acids is 2. The molecule has 2 atom stereocenters. The number of amides is 1. The summed E-state index contributed by atoms with van der Waals surface area (Å²) in [6.45, 7) is 4.89. The molecule has 0 radical (unpaired) electrons. The monoisotopic (exact) mass is 916 g/mol. The Bertz CT molecular complexity index is 1010. The molecular formula is C59H113NO5. The summed E-state index contributed by atoms with van der Waals surface area (Å²) < 4.78 is 5.49. The van der Waals surface area contributed by atoms with E-state index in [0.29, 0.717) is 19.4 Å². The van der Waals surface area contributed by atoms with Crippen molar-refractivity contribution in [3.05, 3.63) is 24.3 Å². The minimum Gasteiger partial charge on any atom is -0.466 e. The van der Waals surface area contributed by atoms with E-state index in [1.807, 2.05) is 6.08 Å². The van der Waals surface area contributed by atoms with E-state index in [1.165, 1.54) is 244 Å². The Kier molecular flexibility index (Phi) is 53.5. The van der Waals surface area contributed by atoms with Gasteiger partial charge in [-0.05, 0) is 57.8 Å². The van der Waals surface area contributed by atoms with Gasteiger partial charge < -0.3 is 20.3 Å². The molecule has 6 heteroatoms. The number of aliphatic hydroxyl groups is 2. The molecule has 6 nitrogen and oxygen atoms in total. The van der Waals surface area contributed by atoms with E-state index in [-0.39, 0.29) is 18.5 Å². The van der Waals surface area contributed by atoms with Crippen molar-refractivity contribution in [1.29, 1.82) is 0 Å². The van der Waals surface area contributed by atoms with Gasteiger partial charge in [0.25, 0.3) is 0 Å². The molecular weight excluding hydrogens is 803 g/mol. The molecule has 384 valence electrons. The van der Waals surface area contributed by atoms with Crippen LogP contribution in [-0.2, 0) is 14.3 Å². The SMILES string of the molecule is CCCCCCCCCC/C=C/C(O)C(CO)NC(=O)CCCCCCCCC/C=C\CCCCCCCCCCCOC(=O)CCCCCCCCCCCCCCCCCCCC. The van der Waals surface area contributed by atoms with Crippen LogP contribution in [0.1, 0.15) is 316 Å². The smallest absolute Gasteiger partial charge is 0.305 e. The molecule has 0 aliphatic rings. The van der Waals surface area contributed by atoms with Crippen LogP contribution in [0.3, 0.4) is 0 Å². The standard InChI is InChI=1S/C59H113NO5/c1-3-5-7-9-11-13-15-16-17-18-24-27-30-33-37-41-45-49-53-59(64)65-54-50-46-42-38-34-31-28-25-22-20-19-21-23-26-29-32-36-40-44-48-52-58(63)60-56(55-61)57(62)51-47-43-39-35-14-12-10-8-6-4-2/h19,21,47,51,56-57,61-62H,3-18,20,22-46,48-50,52-55H2,1-2H3,(H,60,63)/b21-19-,51-47+. The van der Waals surface area contributed by atoms with Crippen LogP contribution in [0.15, 0.2) is 24.3 Å². The van der Waals surface area contributed by atoms with Crippen LogP contribution >= 0.6 is 0 Å². The molecule has 0 bridgehead atoms. The first-order valence-corrected chi connectivity index (χ1v) is 29.1. The van der Waals surface area contributed by atoms with Crippen molar-refractivity contribution in [2.75, 3.05) is 13.2 Å². The second kappa shape index (κ2) is 54.9. The lowest BCUT2D eigenvalue weighted by Gasteiger charge is -2.20. The van der Waals surface area contributed by atoms with E-state index in [2.05, 4.69) is 31.3 Å². The van der Waals surface area contributed by atoms with Gasteiger partial charge in [-0.15, -0.1) is 0 Å². The van der Waals surface area contributed by atoms with Crippen LogP contribution in [0, 0.1) is 0 Å². The lowest BCUT2D eigenvalue weighted by Crippen LogP contribution is -2.45. The maximum absolute atomic E-state index is 12.4. The van der Waals surface area contributed by atoms with Gasteiger partial charge in [-0.2, -0.15) is 0 Å². The Labute approximate surface area is 405 Å². The van der Waals surface area contributed by atoms with Gasteiger partial charge in [-0.1, -0.05) is 269 Å². The first-order chi connectivity index (χ1) is 32.0. The lowest BCUT2D eigenvalue weighted by molar-refractivity contribution is -0.143. The fraction of sp³-hybridized carbons (Fsp3) is 0.898. The number of nitrogens with one attached hydrogen (secondary N) is 1. The third-order valence-electron chi connectivity index (χ3n) is 13.5. The Balaban J connectivity index is 3.40. The van der Waals surface area contributed by atoms with Crippen molar-refractivity contribution >= 4 is 11.9 Å². The summed E-state index contributed by atoms with van der Waals surface area (Å²) in [5.41, 5.74) is 0. The number of aliphatic hydroxyl groups excluding tert-OH is 2. The molecule has 0 aromatic heterocycles. The fourth-order valence-corrected chi connectivity index (χ4v) is 8.98. The summed E-state index contributed by atoms with van der Waals surface area (Å²) >= 11 is 0. The molecule has 0 spiro atoms. The average Bonchev–Trinajstić information content (AvgIpc) is 3.31. The first kappa shape index (κ1) is 63.3. The number of hydrogen-bond donors (Lipinski definition) is 3. The molecule has 3 N–H and O–H groups in total. The predicted octanol–water partition coefficient (Wildman–Crippen LogP) is 17.9. The van der Waals surface area contributed by atoms with E-state index >= 15 is 0 Å². The molecule has 0 heterocycles. The van der Waals surface area contributed by atoms with Gasteiger partial charge in [-0.25, -0.2) is 0 Å². The highest BCUT2D eigenvalue weighted by Gasteiger charge is 2.18. The quantitative estimate of drug-likeness (QED) is 0.0321. The van der Waals surface area contributed by atoms with Gasteiger partial charge in [0.15, 0.2) is 0 Å². The lowest BCUT2D eigenvalue weighted by atomic mass is 10.0. The number of esters is 1. The van der Waals surface area contributed by atoms with Gasteiger partial charge in [0.2, 0.25) is 5.91 Å². The van der Waals surface area contributed by atoms with Crippen LogP contribution in [-0.4, -0.2) is 47.4 Å². The number of carbonyl (C=O) groups is 2. The van der Waals surface area contributed by atoms with Crippen molar-refractivity contribution < 1.29 is 24.5 Å². The zero-order chi connectivity index (χ0) is 47.2. The zero-order valence-corrected chi connectivity index (χ0v) is 43.7. The highest BCUT2D eigenvalue weighted by Crippen LogP contribution is 2.17. The normalized spacial score (nSPS) is 12.7. The van der Waals surface area contributed by atoms with Gasteiger partial charge in [0.1, 0.15) is 0 Å². The zero-order valence-electron chi connectivity index (χ0n) is 43.7. The molecule has 0 aromatic rings. The number of hydrogen-bond acceptors (Lipinski definition) is 5. The van der Waals surface area contributed by atoms with Crippen LogP contribution in [0.25, 0.3) is 0 Å². The Morgan fingerprint density at radius 1 is 0.415 bits per heavy atom. The van der Waals surface area contributed by atoms with Gasteiger partial charge in [0, 0.05) is 12.8 Å².